The van der Waals surface area contributed by atoms with E-state index in [1.807, 2.05) is 27.7 Å². The molecule has 2 rings (SSSR count). The second kappa shape index (κ2) is 25.3. The van der Waals surface area contributed by atoms with Gasteiger partial charge in [0.1, 0.15) is 42.3 Å². The van der Waals surface area contributed by atoms with E-state index in [-0.39, 0.29) is 50.0 Å². The van der Waals surface area contributed by atoms with Crippen LogP contribution in [0.4, 0.5) is 0 Å². The molecule has 0 radical (unpaired) electrons. The topological polar surface area (TPSA) is 336 Å². The molecule has 0 spiro atoms. The van der Waals surface area contributed by atoms with Gasteiger partial charge in [-0.3, -0.25) is 43.2 Å². The molecule has 1 aromatic heterocycles. The number of carboxylic acid groups (broad SMARTS) is 1. The Morgan fingerprint density at radius 1 is 0.726 bits per heavy atom. The first-order valence-electron chi connectivity index (χ1n) is 21.0. The van der Waals surface area contributed by atoms with Gasteiger partial charge in [0, 0.05) is 24.9 Å². The number of aliphatic hydroxyl groups excluding tert-OH is 1. The molecule has 0 aliphatic carbocycles. The third-order valence-electron chi connectivity index (χ3n) is 9.91. The largest absolute Gasteiger partial charge is 0.480 e. The molecule has 2 heterocycles. The lowest BCUT2D eigenvalue weighted by Gasteiger charge is -2.30. The van der Waals surface area contributed by atoms with Gasteiger partial charge in [0.05, 0.1) is 25.5 Å². The van der Waals surface area contributed by atoms with Gasteiger partial charge in [-0.25, -0.2) is 4.98 Å². The molecule has 1 fully saturated rings. The number of hydrogen-bond donors (Lipinski definition) is 11. The van der Waals surface area contributed by atoms with E-state index in [4.69, 9.17) is 10.8 Å². The summed E-state index contributed by atoms with van der Waals surface area (Å²) in [5.41, 5.74) is 6.57. The van der Waals surface area contributed by atoms with Crippen molar-refractivity contribution in [3.8, 4) is 0 Å². The molecular weight excluding hydrogens is 811 g/mol. The minimum Gasteiger partial charge on any atom is -0.480 e. The average Bonchev–Trinajstić information content (AvgIpc) is 3.90. The molecule has 0 aromatic carbocycles. The van der Waals surface area contributed by atoms with Crippen molar-refractivity contribution in [1.29, 1.82) is 0 Å². The zero-order valence-electron chi connectivity index (χ0n) is 36.9. The molecule has 22 heteroatoms. The van der Waals surface area contributed by atoms with Crippen molar-refractivity contribution in [2.24, 2.45) is 23.5 Å². The minimum absolute atomic E-state index is 0.0291. The van der Waals surface area contributed by atoms with Gasteiger partial charge < -0.3 is 63.0 Å². The maximum atomic E-state index is 14.0. The summed E-state index contributed by atoms with van der Waals surface area (Å²) in [5.74, 6) is -7.05. The molecule has 348 valence electrons. The Kier molecular flexibility index (Phi) is 21.5. The van der Waals surface area contributed by atoms with Crippen molar-refractivity contribution in [2.45, 2.75) is 142 Å². The number of aliphatic hydroxyl groups is 1. The summed E-state index contributed by atoms with van der Waals surface area (Å²) in [5, 5.41) is 36.9. The standard InChI is InChI=1S/C40H67N11O11/c1-20(2)12-26(41)34(55)47-27(13-21(3)4)35(56)49-29(15-25-16-42-19-44-25)37(58)48-28(14-22(5)6)36(57)50-30(18-52)39(60)51-11-9-10-31(51)38(59)43-17-32(53)45-23(7)33(54)46-24(8)40(61)62/h16,19-24,26-31,52H,9-15,17-18,41H2,1-8H3,(H,42,44)(H,43,59)(H,45,53)(H,46,54)(H,47,55)(H,48,58)(H,49,56)(H,50,57)(H,61,62)/t23-,24-,26-,27-,28-,29-,30-,31-/m0/s1. The average molecular weight is 878 g/mol. The number of carboxylic acids is 1. The molecule has 62 heavy (non-hydrogen) atoms. The van der Waals surface area contributed by atoms with Gasteiger partial charge in [0.15, 0.2) is 0 Å². The van der Waals surface area contributed by atoms with Crippen LogP contribution < -0.4 is 43.0 Å². The SMILES string of the molecule is CC(C)C[C@H](NC(=O)[C@H](Cc1cnc[nH]1)NC(=O)[C@H](CC(C)C)NC(=O)[C@@H](N)CC(C)C)C(=O)N[C@@H](CO)C(=O)N1CCC[C@H]1C(=O)NCC(=O)N[C@@H](C)C(=O)N[C@@H](C)C(=O)O. The highest BCUT2D eigenvalue weighted by molar-refractivity contribution is 5.97. The number of aromatic amines is 1. The summed E-state index contributed by atoms with van der Waals surface area (Å²) >= 11 is 0. The Balaban J connectivity index is 2.18. The second-order valence-corrected chi connectivity index (χ2v) is 17.0. The smallest absolute Gasteiger partial charge is 0.325 e. The van der Waals surface area contributed by atoms with Crippen LogP contribution in [0.3, 0.4) is 0 Å². The molecule has 1 aliphatic rings. The third kappa shape index (κ3) is 17.4. The Labute approximate surface area is 361 Å². The summed E-state index contributed by atoms with van der Waals surface area (Å²) in [4.78, 5) is 125. The van der Waals surface area contributed by atoms with Gasteiger partial charge in [0.25, 0.3) is 0 Å². The van der Waals surface area contributed by atoms with Crippen LogP contribution in [0, 0.1) is 17.8 Å². The number of amides is 8. The predicted molar refractivity (Wildman–Crippen MR) is 224 cm³/mol. The fraction of sp³-hybridized carbons (Fsp3) is 0.700. The molecule has 1 aliphatic heterocycles. The number of carbonyl (C=O) groups excluding carboxylic acids is 8. The van der Waals surface area contributed by atoms with Crippen LogP contribution in [0.5, 0.6) is 0 Å². The van der Waals surface area contributed by atoms with Gasteiger partial charge in [-0.05, 0) is 63.7 Å². The highest BCUT2D eigenvalue weighted by Crippen LogP contribution is 2.19. The molecule has 8 amide bonds. The first-order valence-corrected chi connectivity index (χ1v) is 21.0. The van der Waals surface area contributed by atoms with E-state index in [9.17, 15) is 48.3 Å². The van der Waals surface area contributed by atoms with Crippen molar-refractivity contribution < 1.29 is 53.4 Å². The number of aliphatic carboxylic acids is 1. The normalized spacial score (nSPS) is 17.2. The maximum Gasteiger partial charge on any atom is 0.325 e. The Bertz CT molecular complexity index is 1710. The highest BCUT2D eigenvalue weighted by atomic mass is 16.4. The summed E-state index contributed by atoms with van der Waals surface area (Å²) in [6, 6.07) is -9.30. The monoisotopic (exact) mass is 878 g/mol. The quantitative estimate of drug-likeness (QED) is 0.0487. The van der Waals surface area contributed by atoms with Crippen LogP contribution >= 0.6 is 0 Å². The van der Waals surface area contributed by atoms with Crippen molar-refractivity contribution >= 4 is 53.2 Å². The third-order valence-corrected chi connectivity index (χ3v) is 9.91. The number of aromatic nitrogens is 2. The lowest BCUT2D eigenvalue weighted by Crippen LogP contribution is -2.60. The van der Waals surface area contributed by atoms with Gasteiger partial charge in [-0.2, -0.15) is 0 Å². The first-order chi connectivity index (χ1) is 29.0. The van der Waals surface area contributed by atoms with Crippen molar-refractivity contribution in [1.82, 2.24) is 52.1 Å². The van der Waals surface area contributed by atoms with E-state index in [1.54, 1.807) is 13.8 Å². The summed E-state index contributed by atoms with van der Waals surface area (Å²) in [6.07, 6.45) is 4.12. The number of hydrogen-bond acceptors (Lipinski definition) is 12. The van der Waals surface area contributed by atoms with E-state index in [0.29, 0.717) is 18.5 Å². The molecule has 0 bridgehead atoms. The Morgan fingerprint density at radius 3 is 1.77 bits per heavy atom. The van der Waals surface area contributed by atoms with Crippen molar-refractivity contribution in [2.75, 3.05) is 19.7 Å². The summed E-state index contributed by atoms with van der Waals surface area (Å²) in [7, 11) is 0. The van der Waals surface area contributed by atoms with Crippen LogP contribution in [0.15, 0.2) is 12.5 Å². The van der Waals surface area contributed by atoms with Gasteiger partial charge in [0.2, 0.25) is 47.3 Å². The lowest BCUT2D eigenvalue weighted by molar-refractivity contribution is -0.143. The van der Waals surface area contributed by atoms with Crippen LogP contribution in [0.25, 0.3) is 0 Å². The van der Waals surface area contributed by atoms with E-state index >= 15 is 0 Å². The van der Waals surface area contributed by atoms with E-state index < -0.39 is 115 Å². The fourth-order valence-electron chi connectivity index (χ4n) is 6.67. The fourth-order valence-corrected chi connectivity index (χ4v) is 6.67. The number of likely N-dealkylation sites (tertiary alicyclic amines) is 1. The Morgan fingerprint density at radius 2 is 1.26 bits per heavy atom. The number of nitrogens with zero attached hydrogens (tertiary/aromatic N) is 2. The minimum atomic E-state index is -1.53. The molecular formula is C40H67N11O11. The number of rotatable bonds is 25. The second-order valence-electron chi connectivity index (χ2n) is 17.0. The summed E-state index contributed by atoms with van der Waals surface area (Å²) in [6.45, 7) is 12.4. The number of carbonyl (C=O) groups is 9. The van der Waals surface area contributed by atoms with Crippen LogP contribution in [-0.4, -0.2) is 146 Å². The maximum absolute atomic E-state index is 14.0. The predicted octanol–water partition coefficient (Wildman–Crippen LogP) is -2.45. The number of H-pyrrole nitrogens is 1. The van der Waals surface area contributed by atoms with Crippen LogP contribution in [0.1, 0.15) is 93.2 Å². The summed E-state index contributed by atoms with van der Waals surface area (Å²) < 4.78 is 0. The number of nitrogens with two attached hydrogens (primary N) is 1. The van der Waals surface area contributed by atoms with Gasteiger partial charge >= 0.3 is 5.97 Å². The molecule has 1 aromatic rings. The van der Waals surface area contributed by atoms with E-state index in [1.165, 1.54) is 31.3 Å². The van der Waals surface area contributed by atoms with E-state index in [2.05, 4.69) is 47.2 Å². The van der Waals surface area contributed by atoms with Gasteiger partial charge in [-0.15, -0.1) is 0 Å². The van der Waals surface area contributed by atoms with Crippen LogP contribution in [0.2, 0.25) is 0 Å². The number of imidazole rings is 1. The Hall–Kier alpha value is -5.64. The lowest BCUT2D eigenvalue weighted by atomic mass is 9.99. The van der Waals surface area contributed by atoms with Crippen molar-refractivity contribution in [3.63, 3.8) is 0 Å². The van der Waals surface area contributed by atoms with Gasteiger partial charge in [-0.1, -0.05) is 41.5 Å². The first kappa shape index (κ1) is 52.5. The highest BCUT2D eigenvalue weighted by Gasteiger charge is 2.39. The molecule has 1 saturated heterocycles. The molecule has 12 N–H and O–H groups in total. The zero-order valence-corrected chi connectivity index (χ0v) is 36.9. The zero-order chi connectivity index (χ0) is 46.8. The van der Waals surface area contributed by atoms with Crippen molar-refractivity contribution in [3.05, 3.63) is 18.2 Å². The molecule has 0 saturated carbocycles. The van der Waals surface area contributed by atoms with E-state index in [0.717, 1.165) is 0 Å². The molecule has 0 unspecified atom stereocenters. The molecule has 22 nitrogen and oxygen atoms in total. The van der Waals surface area contributed by atoms with Crippen LogP contribution in [-0.2, 0) is 49.6 Å². The number of nitrogens with one attached hydrogen (secondary N) is 8. The molecule has 8 atom stereocenters.